The van der Waals surface area contributed by atoms with Gasteiger partial charge in [-0.25, -0.2) is 13.1 Å². The molecule has 0 saturated heterocycles. The van der Waals surface area contributed by atoms with Crippen LogP contribution < -0.4 is 14.8 Å². The Morgan fingerprint density at radius 3 is 2.54 bits per heavy atom. The topological polar surface area (TPSA) is 84.5 Å². The Hall–Kier alpha value is -2.09. The van der Waals surface area contributed by atoms with E-state index in [0.717, 1.165) is 0 Å². The molecule has 0 aromatic heterocycles. The van der Waals surface area contributed by atoms with Crippen LogP contribution in [0.15, 0.2) is 47.4 Å². The number of anilines is 1. The van der Waals surface area contributed by atoms with Crippen LogP contribution in [0.25, 0.3) is 0 Å². The fourth-order valence-electron chi connectivity index (χ4n) is 2.03. The number of nitrogens with one attached hydrogen (secondary N) is 2. The molecule has 0 saturated carbocycles. The number of hydrogen-bond acceptors (Lipinski definition) is 4. The van der Waals surface area contributed by atoms with Gasteiger partial charge in [0, 0.05) is 24.6 Å². The summed E-state index contributed by atoms with van der Waals surface area (Å²) in [5.74, 6) is -0.0217. The fraction of sp³-hybridized carbons (Fsp3) is 0.188. The second-order valence-electron chi connectivity index (χ2n) is 4.96. The van der Waals surface area contributed by atoms with Gasteiger partial charge in [-0.15, -0.1) is 0 Å². The summed E-state index contributed by atoms with van der Waals surface area (Å²) in [6.07, 6.45) is 0. The number of halogens is 1. The van der Waals surface area contributed by atoms with E-state index in [1.54, 1.807) is 24.3 Å². The summed E-state index contributed by atoms with van der Waals surface area (Å²) in [6, 6.07) is 11.2. The standard InChI is InChI=1S/C16H17ClN2O4S/c1-11(20)19-15-8-7-13(9-16(15)23-2)24(21,22)18-10-12-5-3-4-6-14(12)17/h3-9,18H,10H2,1-2H3,(H,19,20). The predicted octanol–water partition coefficient (Wildman–Crippen LogP) is 2.79. The van der Waals surface area contributed by atoms with Gasteiger partial charge in [0.15, 0.2) is 0 Å². The molecule has 2 aromatic rings. The van der Waals surface area contributed by atoms with Crippen molar-refractivity contribution < 1.29 is 17.9 Å². The second kappa shape index (κ2) is 7.65. The van der Waals surface area contributed by atoms with E-state index in [4.69, 9.17) is 16.3 Å². The van der Waals surface area contributed by atoms with Gasteiger partial charge in [0.1, 0.15) is 5.75 Å². The van der Waals surface area contributed by atoms with Crippen LogP contribution in [0, 0.1) is 0 Å². The first-order chi connectivity index (χ1) is 11.3. The van der Waals surface area contributed by atoms with E-state index < -0.39 is 10.0 Å². The molecule has 0 aliphatic carbocycles. The summed E-state index contributed by atoms with van der Waals surface area (Å²) in [5.41, 5.74) is 1.07. The molecule has 2 N–H and O–H groups in total. The van der Waals surface area contributed by atoms with E-state index >= 15 is 0 Å². The molecule has 1 amide bonds. The van der Waals surface area contributed by atoms with Gasteiger partial charge in [-0.3, -0.25) is 4.79 Å². The molecule has 0 bridgehead atoms. The maximum atomic E-state index is 12.4. The van der Waals surface area contributed by atoms with Crippen molar-refractivity contribution in [3.8, 4) is 5.75 Å². The van der Waals surface area contributed by atoms with E-state index in [2.05, 4.69) is 10.0 Å². The SMILES string of the molecule is COc1cc(S(=O)(=O)NCc2ccccc2Cl)ccc1NC(C)=O. The minimum Gasteiger partial charge on any atom is -0.495 e. The summed E-state index contributed by atoms with van der Waals surface area (Å²) in [7, 11) is -2.36. The Morgan fingerprint density at radius 2 is 1.92 bits per heavy atom. The van der Waals surface area contributed by atoms with Crippen molar-refractivity contribution in [1.29, 1.82) is 0 Å². The highest BCUT2D eigenvalue weighted by Gasteiger charge is 2.17. The summed E-state index contributed by atoms with van der Waals surface area (Å²) in [6.45, 7) is 1.42. The van der Waals surface area contributed by atoms with Crippen molar-refractivity contribution in [1.82, 2.24) is 4.72 Å². The Balaban J connectivity index is 2.22. The molecule has 0 radical (unpaired) electrons. The lowest BCUT2D eigenvalue weighted by Crippen LogP contribution is -2.23. The molecule has 0 atom stereocenters. The van der Waals surface area contributed by atoms with Crippen molar-refractivity contribution >= 4 is 33.2 Å². The van der Waals surface area contributed by atoms with Gasteiger partial charge in [-0.05, 0) is 23.8 Å². The molecule has 6 nitrogen and oxygen atoms in total. The van der Waals surface area contributed by atoms with Gasteiger partial charge in [0.05, 0.1) is 17.7 Å². The zero-order valence-corrected chi connectivity index (χ0v) is 14.7. The van der Waals surface area contributed by atoms with E-state index in [0.29, 0.717) is 16.3 Å². The Labute approximate surface area is 145 Å². The molecule has 0 unspecified atom stereocenters. The zero-order valence-electron chi connectivity index (χ0n) is 13.2. The van der Waals surface area contributed by atoms with Gasteiger partial charge in [-0.1, -0.05) is 29.8 Å². The van der Waals surface area contributed by atoms with Crippen molar-refractivity contribution in [3.63, 3.8) is 0 Å². The Bertz CT molecular complexity index is 853. The first-order valence-corrected chi connectivity index (χ1v) is 8.88. The number of sulfonamides is 1. The largest absolute Gasteiger partial charge is 0.495 e. The van der Waals surface area contributed by atoms with Gasteiger partial charge < -0.3 is 10.1 Å². The molecule has 2 rings (SSSR count). The molecule has 0 fully saturated rings. The lowest BCUT2D eigenvalue weighted by molar-refractivity contribution is -0.114. The summed E-state index contributed by atoms with van der Waals surface area (Å²) >= 11 is 6.02. The molecule has 2 aromatic carbocycles. The lowest BCUT2D eigenvalue weighted by atomic mass is 10.2. The molecular weight excluding hydrogens is 352 g/mol. The number of rotatable bonds is 6. The van der Waals surface area contributed by atoms with Crippen LogP contribution >= 0.6 is 11.6 Å². The molecule has 24 heavy (non-hydrogen) atoms. The number of benzene rings is 2. The zero-order chi connectivity index (χ0) is 17.7. The van der Waals surface area contributed by atoms with E-state index in [9.17, 15) is 13.2 Å². The van der Waals surface area contributed by atoms with Crippen molar-refractivity contribution in [2.24, 2.45) is 0 Å². The molecular formula is C16H17ClN2O4S. The minimum atomic E-state index is -3.75. The van der Waals surface area contributed by atoms with E-state index in [1.165, 1.54) is 32.2 Å². The Morgan fingerprint density at radius 1 is 1.21 bits per heavy atom. The third-order valence-corrected chi connectivity index (χ3v) is 4.97. The van der Waals surface area contributed by atoms with Crippen LogP contribution in [0.4, 0.5) is 5.69 Å². The molecule has 0 heterocycles. The van der Waals surface area contributed by atoms with Crippen LogP contribution in [0.1, 0.15) is 12.5 Å². The molecule has 0 aliphatic heterocycles. The number of ether oxygens (including phenoxy) is 1. The molecule has 0 aliphatic rings. The van der Waals surface area contributed by atoms with Crippen LogP contribution in [-0.4, -0.2) is 21.4 Å². The lowest BCUT2D eigenvalue weighted by Gasteiger charge is -2.12. The van der Waals surface area contributed by atoms with Crippen molar-refractivity contribution in [2.45, 2.75) is 18.4 Å². The van der Waals surface area contributed by atoms with Crippen molar-refractivity contribution in [2.75, 3.05) is 12.4 Å². The average Bonchev–Trinajstić information content (AvgIpc) is 2.54. The predicted molar refractivity (Wildman–Crippen MR) is 92.8 cm³/mol. The number of carbonyl (C=O) groups is 1. The monoisotopic (exact) mass is 368 g/mol. The van der Waals surface area contributed by atoms with E-state index in [-0.39, 0.29) is 23.1 Å². The quantitative estimate of drug-likeness (QED) is 0.821. The maximum Gasteiger partial charge on any atom is 0.241 e. The van der Waals surface area contributed by atoms with E-state index in [1.807, 2.05) is 0 Å². The first-order valence-electron chi connectivity index (χ1n) is 7.02. The highest BCUT2D eigenvalue weighted by molar-refractivity contribution is 7.89. The third kappa shape index (κ3) is 4.47. The molecule has 8 heteroatoms. The first kappa shape index (κ1) is 18.3. The van der Waals surface area contributed by atoms with Gasteiger partial charge in [-0.2, -0.15) is 0 Å². The van der Waals surface area contributed by atoms with Crippen LogP contribution in [0.5, 0.6) is 5.75 Å². The van der Waals surface area contributed by atoms with Crippen LogP contribution in [0.2, 0.25) is 5.02 Å². The summed E-state index contributed by atoms with van der Waals surface area (Å²) in [4.78, 5) is 11.2. The third-order valence-electron chi connectivity index (χ3n) is 3.20. The van der Waals surface area contributed by atoms with Crippen LogP contribution in [0.3, 0.4) is 0 Å². The van der Waals surface area contributed by atoms with Crippen molar-refractivity contribution in [3.05, 3.63) is 53.1 Å². The second-order valence-corrected chi connectivity index (χ2v) is 7.13. The normalized spacial score (nSPS) is 11.1. The highest BCUT2D eigenvalue weighted by atomic mass is 35.5. The summed E-state index contributed by atoms with van der Waals surface area (Å²) in [5, 5.41) is 3.06. The van der Waals surface area contributed by atoms with Gasteiger partial charge >= 0.3 is 0 Å². The maximum absolute atomic E-state index is 12.4. The number of carbonyl (C=O) groups excluding carboxylic acids is 1. The number of methoxy groups -OCH3 is 1. The highest BCUT2D eigenvalue weighted by Crippen LogP contribution is 2.27. The van der Waals surface area contributed by atoms with Crippen LogP contribution in [-0.2, 0) is 21.4 Å². The number of amides is 1. The van der Waals surface area contributed by atoms with Gasteiger partial charge in [0.2, 0.25) is 15.9 Å². The average molecular weight is 369 g/mol. The summed E-state index contributed by atoms with van der Waals surface area (Å²) < 4.78 is 32.5. The number of hydrogen-bond donors (Lipinski definition) is 2. The van der Waals surface area contributed by atoms with Gasteiger partial charge in [0.25, 0.3) is 0 Å². The minimum absolute atomic E-state index is 0.0282. The molecule has 0 spiro atoms. The fourth-order valence-corrected chi connectivity index (χ4v) is 3.25. The Kier molecular flexibility index (Phi) is 5.82. The smallest absolute Gasteiger partial charge is 0.241 e. The molecule has 128 valence electrons.